The monoisotopic (exact) mass is 484 g/mol. The first-order chi connectivity index (χ1) is 16.6. The highest BCUT2D eigenvalue weighted by atomic mass is 19.1. The number of benzene rings is 2. The quantitative estimate of drug-likeness (QED) is 0.387. The van der Waals surface area contributed by atoms with Crippen LogP contribution in [0.25, 0.3) is 16.9 Å². The van der Waals surface area contributed by atoms with Gasteiger partial charge in [0.05, 0.1) is 7.11 Å². The number of imidazole rings is 1. The molecule has 0 saturated heterocycles. The zero-order valence-electron chi connectivity index (χ0n) is 19.5. The molecule has 182 valence electrons. The van der Waals surface area contributed by atoms with Crippen LogP contribution in [0.15, 0.2) is 36.5 Å². The van der Waals surface area contributed by atoms with Gasteiger partial charge in [0.15, 0.2) is 18.1 Å². The van der Waals surface area contributed by atoms with Gasteiger partial charge in [0, 0.05) is 29.6 Å². The molecule has 0 aliphatic carbocycles. The first kappa shape index (κ1) is 23.9. The van der Waals surface area contributed by atoms with Crippen molar-refractivity contribution in [3.63, 3.8) is 0 Å². The number of nitrogens with one attached hydrogen (secondary N) is 1. The maximum atomic E-state index is 14.8. The zero-order valence-corrected chi connectivity index (χ0v) is 19.5. The van der Waals surface area contributed by atoms with Crippen molar-refractivity contribution in [3.05, 3.63) is 70.7 Å². The summed E-state index contributed by atoms with van der Waals surface area (Å²) >= 11 is 0. The second-order valence-corrected chi connectivity index (χ2v) is 8.12. The van der Waals surface area contributed by atoms with Gasteiger partial charge in [-0.1, -0.05) is 0 Å². The number of aryl methyl sites for hydroxylation is 3. The van der Waals surface area contributed by atoms with Gasteiger partial charge in [0.2, 0.25) is 0 Å². The molecular weight excluding hydrogens is 461 g/mol. The molecule has 2 aromatic heterocycles. The number of aromatic nitrogens is 2. The van der Waals surface area contributed by atoms with Crippen LogP contribution in [0.4, 0.5) is 24.7 Å². The standard InChI is InChI=1S/C25H23F3N4O3/c1-12-7-17(34-4)9-19(35-11-20(29)33)21(12)23-25(30-22-13(2)5-15(26)6-14(22)3)32-10-16(27)8-18(28)24(32)31-23/h5-10,30H,11H2,1-4H3,(H2,29,33). The first-order valence-electron chi connectivity index (χ1n) is 10.6. The normalized spacial score (nSPS) is 11.1. The molecule has 0 aliphatic rings. The molecule has 4 aromatic rings. The molecule has 2 heterocycles. The minimum atomic E-state index is -0.877. The molecule has 0 fully saturated rings. The largest absolute Gasteiger partial charge is 0.497 e. The number of nitrogens with zero attached hydrogens (tertiary/aromatic N) is 2. The number of primary amides is 1. The van der Waals surface area contributed by atoms with Crippen LogP contribution in [0.1, 0.15) is 16.7 Å². The molecule has 3 N–H and O–H groups in total. The molecule has 35 heavy (non-hydrogen) atoms. The molecule has 0 saturated carbocycles. The smallest absolute Gasteiger partial charge is 0.255 e. The van der Waals surface area contributed by atoms with Crippen molar-refractivity contribution < 1.29 is 27.4 Å². The topological polar surface area (TPSA) is 90.9 Å². The third kappa shape index (κ3) is 4.59. The highest BCUT2D eigenvalue weighted by Crippen LogP contribution is 2.42. The Kier molecular flexibility index (Phi) is 6.29. The highest BCUT2D eigenvalue weighted by molar-refractivity contribution is 5.86. The van der Waals surface area contributed by atoms with E-state index in [0.717, 1.165) is 12.3 Å². The van der Waals surface area contributed by atoms with Crippen molar-refractivity contribution in [3.8, 4) is 22.8 Å². The molecular formula is C25H23F3N4O3. The Balaban J connectivity index is 2.02. The highest BCUT2D eigenvalue weighted by Gasteiger charge is 2.24. The van der Waals surface area contributed by atoms with Gasteiger partial charge in [-0.2, -0.15) is 0 Å². The van der Waals surface area contributed by atoms with Crippen LogP contribution in [0.3, 0.4) is 0 Å². The first-order valence-corrected chi connectivity index (χ1v) is 10.6. The van der Waals surface area contributed by atoms with E-state index >= 15 is 0 Å². The van der Waals surface area contributed by atoms with Crippen molar-refractivity contribution in [2.24, 2.45) is 5.73 Å². The average molecular weight is 484 g/mol. The van der Waals surface area contributed by atoms with E-state index in [-0.39, 0.29) is 22.9 Å². The molecule has 1 amide bonds. The van der Waals surface area contributed by atoms with Crippen LogP contribution in [0, 0.1) is 38.2 Å². The molecule has 0 bridgehead atoms. The zero-order chi connectivity index (χ0) is 25.4. The second-order valence-electron chi connectivity index (χ2n) is 8.12. The van der Waals surface area contributed by atoms with E-state index in [4.69, 9.17) is 15.2 Å². The van der Waals surface area contributed by atoms with E-state index in [1.165, 1.54) is 23.6 Å². The van der Waals surface area contributed by atoms with E-state index < -0.39 is 30.0 Å². The molecule has 10 heteroatoms. The van der Waals surface area contributed by atoms with E-state index in [1.54, 1.807) is 32.9 Å². The third-order valence-corrected chi connectivity index (χ3v) is 5.50. The number of carbonyl (C=O) groups is 1. The lowest BCUT2D eigenvalue weighted by molar-refractivity contribution is -0.119. The number of rotatable bonds is 7. The molecule has 4 rings (SSSR count). The van der Waals surface area contributed by atoms with Crippen LogP contribution in [-0.2, 0) is 4.79 Å². The number of nitrogens with two attached hydrogens (primary N) is 1. The fourth-order valence-corrected chi connectivity index (χ4v) is 4.00. The van der Waals surface area contributed by atoms with Crippen LogP contribution in [0.5, 0.6) is 11.5 Å². The van der Waals surface area contributed by atoms with Crippen LogP contribution >= 0.6 is 0 Å². The predicted octanol–water partition coefficient (Wildman–Crippen LogP) is 4.96. The number of fused-ring (bicyclic) bond motifs is 1. The van der Waals surface area contributed by atoms with Gasteiger partial charge in [-0.25, -0.2) is 18.2 Å². The van der Waals surface area contributed by atoms with E-state index in [1.807, 2.05) is 0 Å². The summed E-state index contributed by atoms with van der Waals surface area (Å²) in [6.07, 6.45) is 1.09. The molecule has 0 spiro atoms. The molecule has 7 nitrogen and oxygen atoms in total. The lowest BCUT2D eigenvalue weighted by Gasteiger charge is -2.17. The Morgan fingerprint density at radius 1 is 1.03 bits per heavy atom. The second kappa shape index (κ2) is 9.21. The lowest BCUT2D eigenvalue weighted by atomic mass is 10.0. The fourth-order valence-electron chi connectivity index (χ4n) is 4.00. The molecule has 0 unspecified atom stereocenters. The maximum Gasteiger partial charge on any atom is 0.255 e. The van der Waals surface area contributed by atoms with Gasteiger partial charge in [-0.15, -0.1) is 0 Å². The summed E-state index contributed by atoms with van der Waals surface area (Å²) in [6, 6.07) is 6.69. The number of pyridine rings is 1. The molecule has 2 aromatic carbocycles. The number of methoxy groups -OCH3 is 1. The van der Waals surface area contributed by atoms with Crippen LogP contribution in [0.2, 0.25) is 0 Å². The number of anilines is 2. The van der Waals surface area contributed by atoms with Gasteiger partial charge >= 0.3 is 0 Å². The Bertz CT molecular complexity index is 1440. The van der Waals surface area contributed by atoms with Gasteiger partial charge in [-0.3, -0.25) is 9.20 Å². The fraction of sp³-hybridized carbons (Fsp3) is 0.200. The van der Waals surface area contributed by atoms with E-state index in [0.29, 0.717) is 33.7 Å². The Morgan fingerprint density at radius 2 is 1.71 bits per heavy atom. The predicted molar refractivity (Wildman–Crippen MR) is 126 cm³/mol. The summed E-state index contributed by atoms with van der Waals surface area (Å²) < 4.78 is 55.1. The van der Waals surface area contributed by atoms with Crippen molar-refractivity contribution in [1.29, 1.82) is 0 Å². The van der Waals surface area contributed by atoms with Crippen LogP contribution < -0.4 is 20.5 Å². The van der Waals surface area contributed by atoms with E-state index in [9.17, 15) is 18.0 Å². The van der Waals surface area contributed by atoms with Crippen molar-refractivity contribution in [1.82, 2.24) is 9.38 Å². The summed E-state index contributed by atoms with van der Waals surface area (Å²) in [7, 11) is 1.47. The molecule has 0 radical (unpaired) electrons. The summed E-state index contributed by atoms with van der Waals surface area (Å²) in [5, 5.41) is 3.18. The number of carbonyl (C=O) groups excluding carboxylic acids is 1. The number of hydrogen-bond acceptors (Lipinski definition) is 5. The van der Waals surface area contributed by atoms with Gasteiger partial charge < -0.3 is 20.5 Å². The summed E-state index contributed by atoms with van der Waals surface area (Å²) in [4.78, 5) is 15.9. The summed E-state index contributed by atoms with van der Waals surface area (Å²) in [6.45, 7) is 4.76. The SMILES string of the molecule is COc1cc(C)c(-c2nc3c(F)cc(F)cn3c2Nc2c(C)cc(F)cc2C)c(OCC(N)=O)c1. The van der Waals surface area contributed by atoms with E-state index in [2.05, 4.69) is 10.3 Å². The molecule has 0 aliphatic heterocycles. The third-order valence-electron chi connectivity index (χ3n) is 5.50. The Labute approximate surface area is 199 Å². The van der Waals surface area contributed by atoms with Crippen molar-refractivity contribution in [2.75, 3.05) is 19.0 Å². The summed E-state index contributed by atoms with van der Waals surface area (Å²) in [5.74, 6) is -1.92. The minimum Gasteiger partial charge on any atom is -0.497 e. The Morgan fingerprint density at radius 3 is 2.34 bits per heavy atom. The van der Waals surface area contributed by atoms with Crippen LogP contribution in [-0.4, -0.2) is 29.0 Å². The number of amides is 1. The number of halogens is 3. The van der Waals surface area contributed by atoms with Crippen molar-refractivity contribution in [2.45, 2.75) is 20.8 Å². The lowest BCUT2D eigenvalue weighted by Crippen LogP contribution is -2.20. The van der Waals surface area contributed by atoms with Gasteiger partial charge in [0.25, 0.3) is 5.91 Å². The summed E-state index contributed by atoms with van der Waals surface area (Å²) in [5.41, 5.74) is 8.09. The van der Waals surface area contributed by atoms with Crippen molar-refractivity contribution >= 4 is 23.1 Å². The number of ether oxygens (including phenoxy) is 2. The Hall–Kier alpha value is -4.21. The maximum absolute atomic E-state index is 14.8. The molecule has 0 atom stereocenters. The number of hydrogen-bond donors (Lipinski definition) is 2. The average Bonchev–Trinajstić information content (AvgIpc) is 3.12. The minimum absolute atomic E-state index is 0.141. The van der Waals surface area contributed by atoms with Gasteiger partial charge in [0.1, 0.15) is 34.6 Å². The van der Waals surface area contributed by atoms with Gasteiger partial charge in [-0.05, 0) is 55.7 Å².